The van der Waals surface area contributed by atoms with Crippen molar-refractivity contribution >= 4 is 59.9 Å². The molecule has 4 aromatic rings. The van der Waals surface area contributed by atoms with Crippen LogP contribution in [0.2, 0.25) is 0 Å². The van der Waals surface area contributed by atoms with E-state index in [9.17, 15) is 8.42 Å². The summed E-state index contributed by atoms with van der Waals surface area (Å²) in [6, 6.07) is 5.26. The zero-order chi connectivity index (χ0) is 18.5. The molecule has 4 rings (SSSR count). The molecule has 0 aromatic carbocycles. The maximum Gasteiger partial charge on any atom is 0.273 e. The standard InChI is InChI=1S/C15H14N4O3S4/c1-8-14(19(2)26(21,22)12-4-3-5-23-12)13-10(24-8)6-9(16-13)15-18-17-11(7-20)25-15/h3-6,16,20H,7H2,1-2H3. The number of H-pyrrole nitrogens is 1. The lowest BCUT2D eigenvalue weighted by Crippen LogP contribution is -2.26. The molecular weight excluding hydrogens is 412 g/mol. The van der Waals surface area contributed by atoms with Gasteiger partial charge in [-0.3, -0.25) is 4.31 Å². The van der Waals surface area contributed by atoms with E-state index in [0.717, 1.165) is 20.8 Å². The van der Waals surface area contributed by atoms with Crippen molar-refractivity contribution in [3.63, 3.8) is 0 Å². The Morgan fingerprint density at radius 2 is 2.12 bits per heavy atom. The number of aryl methyl sites for hydroxylation is 1. The molecule has 0 unspecified atom stereocenters. The van der Waals surface area contributed by atoms with E-state index < -0.39 is 10.0 Å². The third kappa shape index (κ3) is 2.76. The molecule has 0 atom stereocenters. The van der Waals surface area contributed by atoms with Gasteiger partial charge in [0.25, 0.3) is 10.0 Å². The van der Waals surface area contributed by atoms with Gasteiger partial charge in [0.1, 0.15) is 9.22 Å². The van der Waals surface area contributed by atoms with E-state index in [4.69, 9.17) is 5.11 Å². The minimum atomic E-state index is -3.61. The molecule has 0 amide bonds. The molecule has 0 bridgehead atoms. The Morgan fingerprint density at radius 3 is 2.77 bits per heavy atom. The largest absolute Gasteiger partial charge is 0.389 e. The minimum absolute atomic E-state index is 0.154. The number of aromatic nitrogens is 3. The number of aliphatic hydroxyl groups excluding tert-OH is 1. The van der Waals surface area contributed by atoms with Gasteiger partial charge in [-0.15, -0.1) is 32.9 Å². The van der Waals surface area contributed by atoms with Crippen molar-refractivity contribution in [3.8, 4) is 10.7 Å². The van der Waals surface area contributed by atoms with Gasteiger partial charge in [0, 0.05) is 11.9 Å². The predicted octanol–water partition coefficient (Wildman–Crippen LogP) is 3.44. The van der Waals surface area contributed by atoms with Crippen LogP contribution in [0.1, 0.15) is 9.88 Å². The maximum atomic E-state index is 12.9. The highest BCUT2D eigenvalue weighted by Gasteiger charge is 2.27. The van der Waals surface area contributed by atoms with Gasteiger partial charge in [-0.05, 0) is 24.4 Å². The van der Waals surface area contributed by atoms with Gasteiger partial charge in [0.05, 0.1) is 28.2 Å². The monoisotopic (exact) mass is 426 g/mol. The van der Waals surface area contributed by atoms with Crippen LogP contribution >= 0.6 is 34.0 Å². The number of nitrogens with one attached hydrogen (secondary N) is 1. The number of aliphatic hydroxyl groups is 1. The molecule has 26 heavy (non-hydrogen) atoms. The number of aromatic amines is 1. The van der Waals surface area contributed by atoms with E-state index in [-0.39, 0.29) is 6.61 Å². The number of nitrogens with zero attached hydrogens (tertiary/aromatic N) is 3. The van der Waals surface area contributed by atoms with Crippen molar-refractivity contribution in [1.82, 2.24) is 15.2 Å². The fourth-order valence-electron chi connectivity index (χ4n) is 2.67. The average molecular weight is 427 g/mol. The number of rotatable bonds is 5. The highest BCUT2D eigenvalue weighted by molar-refractivity contribution is 7.94. The first-order valence-electron chi connectivity index (χ1n) is 7.50. The van der Waals surface area contributed by atoms with E-state index in [1.807, 2.05) is 13.0 Å². The van der Waals surface area contributed by atoms with E-state index in [2.05, 4.69) is 15.2 Å². The van der Waals surface area contributed by atoms with Gasteiger partial charge in [-0.25, -0.2) is 8.42 Å². The number of thiophene rings is 2. The second-order valence-corrected chi connectivity index (χ2v) is 11.0. The molecule has 11 heteroatoms. The smallest absolute Gasteiger partial charge is 0.273 e. The van der Waals surface area contributed by atoms with Crippen LogP contribution in [-0.4, -0.2) is 35.8 Å². The molecule has 0 aliphatic carbocycles. The van der Waals surface area contributed by atoms with Gasteiger partial charge >= 0.3 is 0 Å². The number of anilines is 1. The lowest BCUT2D eigenvalue weighted by Gasteiger charge is -2.18. The third-order valence-electron chi connectivity index (χ3n) is 3.87. The summed E-state index contributed by atoms with van der Waals surface area (Å²) in [5, 5.41) is 20.1. The van der Waals surface area contributed by atoms with Crippen LogP contribution in [0.5, 0.6) is 0 Å². The average Bonchev–Trinajstić information content (AvgIpc) is 3.37. The second-order valence-electron chi connectivity index (χ2n) is 5.49. The number of sulfonamides is 1. The molecule has 136 valence electrons. The molecule has 4 heterocycles. The minimum Gasteiger partial charge on any atom is -0.389 e. The van der Waals surface area contributed by atoms with Gasteiger partial charge in [0.2, 0.25) is 0 Å². The van der Waals surface area contributed by atoms with Crippen molar-refractivity contribution in [3.05, 3.63) is 33.5 Å². The van der Waals surface area contributed by atoms with Crippen molar-refractivity contribution in [1.29, 1.82) is 0 Å². The summed E-state index contributed by atoms with van der Waals surface area (Å²) in [6.45, 7) is 1.75. The van der Waals surface area contributed by atoms with Crippen LogP contribution in [-0.2, 0) is 16.6 Å². The summed E-state index contributed by atoms with van der Waals surface area (Å²) in [6.07, 6.45) is 0. The molecule has 0 radical (unpaired) electrons. The Balaban J connectivity index is 1.81. The van der Waals surface area contributed by atoms with Gasteiger partial charge in [-0.2, -0.15) is 0 Å². The molecule has 0 aliphatic rings. The number of fused-ring (bicyclic) bond motifs is 1. The normalized spacial score (nSPS) is 12.1. The zero-order valence-corrected chi connectivity index (χ0v) is 17.0. The van der Waals surface area contributed by atoms with Crippen LogP contribution in [0.3, 0.4) is 0 Å². The van der Waals surface area contributed by atoms with Crippen molar-refractivity contribution < 1.29 is 13.5 Å². The Bertz CT molecular complexity index is 1170. The maximum absolute atomic E-state index is 12.9. The van der Waals surface area contributed by atoms with Gasteiger partial charge in [0.15, 0.2) is 5.01 Å². The molecule has 2 N–H and O–H groups in total. The Labute approximate surface area is 161 Å². The quantitative estimate of drug-likeness (QED) is 0.509. The summed E-state index contributed by atoms with van der Waals surface area (Å²) in [5.74, 6) is 0. The van der Waals surface area contributed by atoms with Crippen LogP contribution in [0.25, 0.3) is 20.9 Å². The number of hydrogen-bond donors (Lipinski definition) is 2. The summed E-state index contributed by atoms with van der Waals surface area (Å²) >= 11 is 4.02. The highest BCUT2D eigenvalue weighted by atomic mass is 32.2. The topological polar surface area (TPSA) is 99.2 Å². The molecular formula is C15H14N4O3S4. The Hall–Kier alpha value is -1.79. The fraction of sp³-hybridized carbons (Fsp3) is 0.200. The first-order chi connectivity index (χ1) is 12.4. The van der Waals surface area contributed by atoms with Gasteiger partial charge < -0.3 is 10.1 Å². The molecule has 0 fully saturated rings. The third-order valence-corrected chi connectivity index (χ3v) is 8.99. The summed E-state index contributed by atoms with van der Waals surface area (Å²) in [7, 11) is -2.04. The van der Waals surface area contributed by atoms with Crippen molar-refractivity contribution in [2.75, 3.05) is 11.4 Å². The van der Waals surface area contributed by atoms with E-state index in [1.165, 1.54) is 38.3 Å². The van der Waals surface area contributed by atoms with Crippen molar-refractivity contribution in [2.45, 2.75) is 17.7 Å². The highest BCUT2D eigenvalue weighted by Crippen LogP contribution is 2.41. The van der Waals surface area contributed by atoms with Crippen LogP contribution in [0, 0.1) is 6.92 Å². The second kappa shape index (κ2) is 6.43. The summed E-state index contributed by atoms with van der Waals surface area (Å²) < 4.78 is 28.4. The lowest BCUT2D eigenvalue weighted by molar-refractivity contribution is 0.280. The molecule has 0 aliphatic heterocycles. The molecule has 0 saturated heterocycles. The van der Waals surface area contributed by atoms with Crippen LogP contribution in [0.15, 0.2) is 27.8 Å². The van der Waals surface area contributed by atoms with Crippen LogP contribution < -0.4 is 4.31 Å². The Morgan fingerprint density at radius 1 is 1.31 bits per heavy atom. The van der Waals surface area contributed by atoms with Gasteiger partial charge in [-0.1, -0.05) is 17.4 Å². The van der Waals surface area contributed by atoms with Crippen LogP contribution in [0.4, 0.5) is 5.69 Å². The lowest BCUT2D eigenvalue weighted by atomic mass is 10.3. The zero-order valence-electron chi connectivity index (χ0n) is 13.8. The first-order valence-corrected chi connectivity index (χ1v) is 11.4. The molecule has 4 aromatic heterocycles. The summed E-state index contributed by atoms with van der Waals surface area (Å²) in [4.78, 5) is 4.18. The van der Waals surface area contributed by atoms with Crippen molar-refractivity contribution in [2.24, 2.45) is 0 Å². The molecule has 7 nitrogen and oxygen atoms in total. The molecule has 0 spiro atoms. The fourth-order valence-corrected chi connectivity index (χ4v) is 6.91. The SMILES string of the molecule is Cc1sc2cc(-c3nnc(CO)s3)[nH]c2c1N(C)S(=O)(=O)c1cccs1. The Kier molecular flexibility index (Phi) is 4.35. The predicted molar refractivity (Wildman–Crippen MR) is 106 cm³/mol. The van der Waals surface area contributed by atoms with E-state index in [0.29, 0.717) is 19.9 Å². The first kappa shape index (κ1) is 17.6. The molecule has 0 saturated carbocycles. The van der Waals surface area contributed by atoms with E-state index in [1.54, 1.807) is 24.6 Å². The number of hydrogen-bond acceptors (Lipinski definition) is 8. The van der Waals surface area contributed by atoms with E-state index >= 15 is 0 Å². The summed E-state index contributed by atoms with van der Waals surface area (Å²) in [5.41, 5.74) is 2.15.